The maximum absolute atomic E-state index is 14.6. The van der Waals surface area contributed by atoms with E-state index in [1.165, 1.54) is 6.07 Å². The second-order valence-electron chi connectivity index (χ2n) is 6.56. The topological polar surface area (TPSA) is 68.7 Å². The normalized spacial score (nSPS) is 18.8. The van der Waals surface area contributed by atoms with E-state index >= 15 is 0 Å². The number of rotatable bonds is 4. The zero-order chi connectivity index (χ0) is 18.8. The fourth-order valence-corrected chi connectivity index (χ4v) is 3.16. The van der Waals surface area contributed by atoms with Gasteiger partial charge < -0.3 is 14.6 Å². The number of hydrogen-bond acceptors (Lipinski definition) is 5. The van der Waals surface area contributed by atoms with Crippen LogP contribution in [0.4, 0.5) is 4.39 Å². The summed E-state index contributed by atoms with van der Waals surface area (Å²) in [5.74, 6) is -0.672. The number of aryl methyl sites for hydroxylation is 1. The van der Waals surface area contributed by atoms with Crippen LogP contribution in [0.1, 0.15) is 35.5 Å². The number of pyridine rings is 1. The molecule has 26 heavy (non-hydrogen) atoms. The molecule has 0 saturated heterocycles. The fraction of sp³-hybridized carbons (Fsp3) is 0.400. The third-order valence-electron chi connectivity index (χ3n) is 4.59. The van der Waals surface area contributed by atoms with Crippen molar-refractivity contribution < 1.29 is 23.8 Å². The van der Waals surface area contributed by atoms with E-state index < -0.39 is 12.1 Å². The first kappa shape index (κ1) is 18.3. The highest BCUT2D eigenvalue weighted by Crippen LogP contribution is 2.38. The average Bonchev–Trinajstić information content (AvgIpc) is 2.61. The summed E-state index contributed by atoms with van der Waals surface area (Å²) in [4.78, 5) is 16.5. The van der Waals surface area contributed by atoms with Gasteiger partial charge >= 0.3 is 5.97 Å². The summed E-state index contributed by atoms with van der Waals surface area (Å²) < 4.78 is 25.4. The standard InChI is InChI=1S/C20H22FNO4/c1-4-25-20(24)17-9-14(13-6-5-11(2)7-16(13)21)15-8-12(3)18(10-23)26-19(15)22-17/h5-7,9,12,18,23H,4,8,10H2,1-3H3/t12-,18+/m0/s1. The first-order valence-corrected chi connectivity index (χ1v) is 8.69. The van der Waals surface area contributed by atoms with Crippen LogP contribution in [0, 0.1) is 18.7 Å². The molecule has 1 aliphatic heterocycles. The van der Waals surface area contributed by atoms with Crippen molar-refractivity contribution in [3.63, 3.8) is 0 Å². The van der Waals surface area contributed by atoms with E-state index in [-0.39, 0.29) is 36.5 Å². The molecule has 0 aliphatic carbocycles. The number of halogens is 1. The molecule has 0 saturated carbocycles. The minimum atomic E-state index is -0.591. The van der Waals surface area contributed by atoms with Crippen molar-refractivity contribution in [3.8, 4) is 17.0 Å². The van der Waals surface area contributed by atoms with Gasteiger partial charge in [0.25, 0.3) is 0 Å². The number of aliphatic hydroxyl groups excluding tert-OH is 1. The third-order valence-corrected chi connectivity index (χ3v) is 4.59. The minimum absolute atomic E-state index is 0.0370. The molecule has 3 rings (SSSR count). The van der Waals surface area contributed by atoms with Gasteiger partial charge in [0.15, 0.2) is 5.69 Å². The summed E-state index contributed by atoms with van der Waals surface area (Å²) in [5.41, 5.74) is 2.56. The highest BCUT2D eigenvalue weighted by molar-refractivity contribution is 5.90. The van der Waals surface area contributed by atoms with Gasteiger partial charge in [-0.25, -0.2) is 14.2 Å². The Morgan fingerprint density at radius 2 is 2.15 bits per heavy atom. The molecule has 0 fully saturated rings. The molecule has 1 aliphatic rings. The van der Waals surface area contributed by atoms with Crippen molar-refractivity contribution in [2.45, 2.75) is 33.3 Å². The lowest BCUT2D eigenvalue weighted by Crippen LogP contribution is -2.35. The van der Waals surface area contributed by atoms with Gasteiger partial charge in [-0.1, -0.05) is 19.1 Å². The van der Waals surface area contributed by atoms with E-state index in [2.05, 4.69) is 4.98 Å². The van der Waals surface area contributed by atoms with Gasteiger partial charge in [0.1, 0.15) is 11.9 Å². The molecule has 1 aromatic carbocycles. The number of benzene rings is 1. The Morgan fingerprint density at radius 1 is 1.38 bits per heavy atom. The lowest BCUT2D eigenvalue weighted by molar-refractivity contribution is 0.0491. The third kappa shape index (κ3) is 3.42. The quantitative estimate of drug-likeness (QED) is 0.849. The predicted octanol–water partition coefficient (Wildman–Crippen LogP) is 3.30. The van der Waals surface area contributed by atoms with Crippen LogP contribution in [0.15, 0.2) is 24.3 Å². The molecule has 5 nitrogen and oxygen atoms in total. The zero-order valence-corrected chi connectivity index (χ0v) is 15.1. The predicted molar refractivity (Wildman–Crippen MR) is 94.7 cm³/mol. The van der Waals surface area contributed by atoms with Crippen LogP contribution >= 0.6 is 0 Å². The lowest BCUT2D eigenvalue weighted by Gasteiger charge is -2.31. The lowest BCUT2D eigenvalue weighted by atomic mass is 9.88. The monoisotopic (exact) mass is 359 g/mol. The molecule has 0 amide bonds. The smallest absolute Gasteiger partial charge is 0.357 e. The summed E-state index contributed by atoms with van der Waals surface area (Å²) in [6.45, 7) is 5.54. The van der Waals surface area contributed by atoms with Crippen LogP contribution in [0.5, 0.6) is 5.88 Å². The van der Waals surface area contributed by atoms with Crippen LogP contribution in [0.3, 0.4) is 0 Å². The maximum Gasteiger partial charge on any atom is 0.357 e. The molecule has 1 N–H and O–H groups in total. The SMILES string of the molecule is CCOC(=O)c1cc(-c2ccc(C)cc2F)c2c(n1)O[C@H](CO)[C@@H](C)C2. The molecule has 0 bridgehead atoms. The highest BCUT2D eigenvalue weighted by Gasteiger charge is 2.31. The minimum Gasteiger partial charge on any atom is -0.471 e. The van der Waals surface area contributed by atoms with E-state index in [9.17, 15) is 14.3 Å². The molecule has 6 heteroatoms. The summed E-state index contributed by atoms with van der Waals surface area (Å²) in [7, 11) is 0. The van der Waals surface area contributed by atoms with E-state index in [1.54, 1.807) is 19.1 Å². The van der Waals surface area contributed by atoms with Gasteiger partial charge in [0.05, 0.1) is 13.2 Å². The molecule has 0 unspecified atom stereocenters. The van der Waals surface area contributed by atoms with Gasteiger partial charge in [-0.3, -0.25) is 0 Å². The van der Waals surface area contributed by atoms with E-state index in [0.29, 0.717) is 17.5 Å². The van der Waals surface area contributed by atoms with Crippen molar-refractivity contribution >= 4 is 5.97 Å². The number of carbonyl (C=O) groups is 1. The average molecular weight is 359 g/mol. The largest absolute Gasteiger partial charge is 0.471 e. The first-order chi connectivity index (χ1) is 12.4. The number of esters is 1. The van der Waals surface area contributed by atoms with Crippen LogP contribution in [0.2, 0.25) is 0 Å². The Balaban J connectivity index is 2.18. The number of nitrogens with zero attached hydrogens (tertiary/aromatic N) is 1. The summed E-state index contributed by atoms with van der Waals surface area (Å²) in [6, 6.07) is 6.52. The highest BCUT2D eigenvalue weighted by atomic mass is 19.1. The van der Waals surface area contributed by atoms with Gasteiger partial charge in [0, 0.05) is 11.1 Å². The molecule has 0 radical (unpaired) electrons. The number of hydrogen-bond donors (Lipinski definition) is 1. The van der Waals surface area contributed by atoms with E-state index in [1.807, 2.05) is 19.9 Å². The maximum atomic E-state index is 14.6. The second kappa shape index (κ2) is 7.41. The van der Waals surface area contributed by atoms with Crippen LogP contribution < -0.4 is 4.74 Å². The van der Waals surface area contributed by atoms with Gasteiger partial charge in [-0.15, -0.1) is 0 Å². The molecule has 0 spiro atoms. The van der Waals surface area contributed by atoms with E-state index in [4.69, 9.17) is 9.47 Å². The Bertz CT molecular complexity index is 837. The van der Waals surface area contributed by atoms with Crippen LogP contribution in [-0.2, 0) is 11.2 Å². The summed E-state index contributed by atoms with van der Waals surface area (Å²) in [5, 5.41) is 9.51. The number of ether oxygens (including phenoxy) is 2. The van der Waals surface area contributed by atoms with Crippen LogP contribution in [0.25, 0.3) is 11.1 Å². The molecule has 2 atom stereocenters. The van der Waals surface area contributed by atoms with Gasteiger partial charge in [-0.2, -0.15) is 0 Å². The molecule has 2 heterocycles. The Hall–Kier alpha value is -2.47. The fourth-order valence-electron chi connectivity index (χ4n) is 3.16. The summed E-state index contributed by atoms with van der Waals surface area (Å²) in [6.07, 6.45) is 0.155. The van der Waals surface area contributed by atoms with Crippen molar-refractivity contribution in [2.24, 2.45) is 5.92 Å². The number of aliphatic hydroxyl groups is 1. The van der Waals surface area contributed by atoms with Gasteiger partial charge in [-0.05, 0) is 49.4 Å². The Morgan fingerprint density at radius 3 is 2.81 bits per heavy atom. The number of carbonyl (C=O) groups excluding carboxylic acids is 1. The van der Waals surface area contributed by atoms with Crippen molar-refractivity contribution in [1.29, 1.82) is 0 Å². The zero-order valence-electron chi connectivity index (χ0n) is 15.1. The second-order valence-corrected chi connectivity index (χ2v) is 6.56. The first-order valence-electron chi connectivity index (χ1n) is 8.69. The molecule has 138 valence electrons. The Labute approximate surface area is 151 Å². The van der Waals surface area contributed by atoms with Gasteiger partial charge in [0.2, 0.25) is 5.88 Å². The molecule has 2 aromatic rings. The number of fused-ring (bicyclic) bond motifs is 1. The molecular weight excluding hydrogens is 337 g/mol. The number of aromatic nitrogens is 1. The van der Waals surface area contributed by atoms with Crippen molar-refractivity contribution in [3.05, 3.63) is 46.9 Å². The van der Waals surface area contributed by atoms with E-state index in [0.717, 1.165) is 11.1 Å². The van der Waals surface area contributed by atoms with Crippen molar-refractivity contribution in [1.82, 2.24) is 4.98 Å². The molecule has 1 aromatic heterocycles. The van der Waals surface area contributed by atoms with Crippen LogP contribution in [-0.4, -0.2) is 35.4 Å². The molecular formula is C20H22FNO4. The Kier molecular flexibility index (Phi) is 5.23. The van der Waals surface area contributed by atoms with Crippen molar-refractivity contribution in [2.75, 3.05) is 13.2 Å². The summed E-state index contributed by atoms with van der Waals surface area (Å²) >= 11 is 0.